The predicted molar refractivity (Wildman–Crippen MR) is 98.2 cm³/mol. The van der Waals surface area contributed by atoms with Crippen molar-refractivity contribution in [1.29, 1.82) is 0 Å². The van der Waals surface area contributed by atoms with E-state index in [0.29, 0.717) is 12.6 Å². The summed E-state index contributed by atoms with van der Waals surface area (Å²) in [5, 5.41) is 5.66. The Hall–Kier alpha value is -1.93. The largest absolute Gasteiger partial charge is 0.449 e. The number of aromatic nitrogens is 2. The number of piperidine rings is 1. The van der Waals surface area contributed by atoms with Crippen molar-refractivity contribution >= 4 is 33.5 Å². The van der Waals surface area contributed by atoms with Gasteiger partial charge in [-0.1, -0.05) is 0 Å². The maximum atomic E-state index is 11.6. The molecule has 0 bridgehead atoms. The number of carbonyl (C=O) groups excluding carboxylic acids is 1. The molecule has 2 aliphatic heterocycles. The van der Waals surface area contributed by atoms with Crippen LogP contribution in [-0.2, 0) is 4.74 Å². The quantitative estimate of drug-likeness (QED) is 0.879. The van der Waals surface area contributed by atoms with E-state index in [1.165, 1.54) is 4.70 Å². The van der Waals surface area contributed by atoms with Crippen LogP contribution < -0.4 is 10.2 Å². The third-order valence-electron chi connectivity index (χ3n) is 4.89. The number of nitrogens with one attached hydrogen (secondary N) is 1. The number of carbonyl (C=O) groups is 1. The highest BCUT2D eigenvalue weighted by Crippen LogP contribution is 2.29. The highest BCUT2D eigenvalue weighted by Gasteiger charge is 2.23. The maximum Gasteiger partial charge on any atom is 0.409 e. The number of ether oxygens (including phenoxy) is 1. The summed E-state index contributed by atoms with van der Waals surface area (Å²) < 4.78 is 6.24. The zero-order chi connectivity index (χ0) is 17.1. The first-order valence-electron chi connectivity index (χ1n) is 8.89. The van der Waals surface area contributed by atoms with Crippen LogP contribution in [-0.4, -0.2) is 66.3 Å². The average molecular weight is 361 g/mol. The Balaban J connectivity index is 1.26. The van der Waals surface area contributed by atoms with Gasteiger partial charge in [-0.3, -0.25) is 0 Å². The van der Waals surface area contributed by atoms with E-state index in [-0.39, 0.29) is 6.09 Å². The zero-order valence-corrected chi connectivity index (χ0v) is 15.0. The second kappa shape index (κ2) is 7.53. The van der Waals surface area contributed by atoms with Crippen LogP contribution in [0.3, 0.4) is 0 Å². The predicted octanol–water partition coefficient (Wildman–Crippen LogP) is 2.09. The fraction of sp³-hybridized carbons (Fsp3) is 0.588. The molecule has 1 N–H and O–H groups in total. The van der Waals surface area contributed by atoms with Crippen LogP contribution in [0.4, 0.5) is 10.6 Å². The number of cyclic esters (lactones) is 1. The van der Waals surface area contributed by atoms with Crippen LogP contribution >= 0.6 is 11.3 Å². The molecule has 0 radical (unpaired) electrons. The van der Waals surface area contributed by atoms with E-state index in [4.69, 9.17) is 4.74 Å². The SMILES string of the molecule is O=C1OCCCN1CCNC1CCN(c2ncnc3ccsc23)CC1. The molecule has 7 nitrogen and oxygen atoms in total. The lowest BCUT2D eigenvalue weighted by molar-refractivity contribution is 0.0729. The van der Waals surface area contributed by atoms with E-state index >= 15 is 0 Å². The Kier molecular flexibility index (Phi) is 4.98. The van der Waals surface area contributed by atoms with Gasteiger partial charge in [0.25, 0.3) is 0 Å². The van der Waals surface area contributed by atoms with Gasteiger partial charge in [-0.2, -0.15) is 0 Å². The lowest BCUT2D eigenvalue weighted by Crippen LogP contribution is -2.46. The van der Waals surface area contributed by atoms with Crippen molar-refractivity contribution in [2.45, 2.75) is 25.3 Å². The van der Waals surface area contributed by atoms with Crippen molar-refractivity contribution in [3.63, 3.8) is 0 Å². The van der Waals surface area contributed by atoms with Gasteiger partial charge in [-0.25, -0.2) is 14.8 Å². The van der Waals surface area contributed by atoms with E-state index in [1.807, 2.05) is 6.07 Å². The number of rotatable bonds is 5. The first-order valence-corrected chi connectivity index (χ1v) is 9.77. The fourth-order valence-corrected chi connectivity index (χ4v) is 4.36. The van der Waals surface area contributed by atoms with Gasteiger partial charge in [0.05, 0.1) is 16.8 Å². The smallest absolute Gasteiger partial charge is 0.409 e. The summed E-state index contributed by atoms with van der Waals surface area (Å²) in [6.07, 6.45) is 4.58. The summed E-state index contributed by atoms with van der Waals surface area (Å²) in [4.78, 5) is 24.6. The van der Waals surface area contributed by atoms with Gasteiger partial charge in [-0.15, -0.1) is 11.3 Å². The Morgan fingerprint density at radius 2 is 2.16 bits per heavy atom. The van der Waals surface area contributed by atoms with Crippen LogP contribution in [0.2, 0.25) is 0 Å². The molecule has 2 aliphatic rings. The van der Waals surface area contributed by atoms with Crippen LogP contribution in [0.5, 0.6) is 0 Å². The van der Waals surface area contributed by atoms with E-state index in [9.17, 15) is 4.79 Å². The molecule has 25 heavy (non-hydrogen) atoms. The van der Waals surface area contributed by atoms with Crippen molar-refractivity contribution in [3.8, 4) is 0 Å². The zero-order valence-electron chi connectivity index (χ0n) is 14.2. The Labute approximate surface area is 151 Å². The number of nitrogens with zero attached hydrogens (tertiary/aromatic N) is 4. The first kappa shape index (κ1) is 16.5. The number of hydrogen-bond donors (Lipinski definition) is 1. The maximum absolute atomic E-state index is 11.6. The third kappa shape index (κ3) is 3.69. The molecule has 8 heteroatoms. The van der Waals surface area contributed by atoms with E-state index in [1.54, 1.807) is 22.6 Å². The molecule has 2 fully saturated rings. The van der Waals surface area contributed by atoms with Gasteiger partial charge in [-0.05, 0) is 30.7 Å². The molecule has 0 aliphatic carbocycles. The second-order valence-electron chi connectivity index (χ2n) is 6.50. The molecule has 0 atom stereocenters. The minimum Gasteiger partial charge on any atom is -0.449 e. The molecule has 0 saturated carbocycles. The number of amides is 1. The average Bonchev–Trinajstić information content (AvgIpc) is 3.13. The molecule has 0 spiro atoms. The summed E-state index contributed by atoms with van der Waals surface area (Å²) in [6.45, 7) is 4.90. The molecule has 1 amide bonds. The highest BCUT2D eigenvalue weighted by molar-refractivity contribution is 7.17. The first-order chi connectivity index (χ1) is 12.3. The van der Waals surface area contributed by atoms with Crippen LogP contribution in [0.25, 0.3) is 10.2 Å². The van der Waals surface area contributed by atoms with Crippen molar-refractivity contribution < 1.29 is 9.53 Å². The highest BCUT2D eigenvalue weighted by atomic mass is 32.1. The summed E-state index contributed by atoms with van der Waals surface area (Å²) in [7, 11) is 0. The van der Waals surface area contributed by atoms with E-state index in [2.05, 4.69) is 25.6 Å². The molecule has 0 unspecified atom stereocenters. The lowest BCUT2D eigenvalue weighted by Gasteiger charge is -2.34. The topological polar surface area (TPSA) is 70.6 Å². The second-order valence-corrected chi connectivity index (χ2v) is 7.42. The Bertz CT molecular complexity index is 729. The number of anilines is 1. The summed E-state index contributed by atoms with van der Waals surface area (Å²) in [6, 6.07) is 2.54. The van der Waals surface area contributed by atoms with Gasteiger partial charge >= 0.3 is 6.09 Å². The molecule has 134 valence electrons. The number of thiophene rings is 1. The fourth-order valence-electron chi connectivity index (χ4n) is 3.50. The summed E-state index contributed by atoms with van der Waals surface area (Å²) >= 11 is 1.71. The van der Waals surface area contributed by atoms with Crippen LogP contribution in [0.15, 0.2) is 17.8 Å². The normalized spacial score (nSPS) is 19.4. The van der Waals surface area contributed by atoms with Crippen LogP contribution in [0, 0.1) is 0 Å². The summed E-state index contributed by atoms with van der Waals surface area (Å²) in [5.41, 5.74) is 1.03. The number of fused-ring (bicyclic) bond motifs is 1. The summed E-state index contributed by atoms with van der Waals surface area (Å²) in [5.74, 6) is 1.06. The molecule has 2 aromatic rings. The molecular weight excluding hydrogens is 338 g/mol. The molecule has 2 saturated heterocycles. The lowest BCUT2D eigenvalue weighted by atomic mass is 10.1. The van der Waals surface area contributed by atoms with Crippen molar-refractivity contribution in [1.82, 2.24) is 20.2 Å². The molecule has 4 rings (SSSR count). The van der Waals surface area contributed by atoms with Crippen LogP contribution in [0.1, 0.15) is 19.3 Å². The minimum atomic E-state index is -0.174. The standard InChI is InChI=1S/C17H23N5O2S/c23-17-22(6-1-10-24-17)9-5-18-13-2-7-21(8-3-13)16-15-14(4-11-25-15)19-12-20-16/h4,11-13,18H,1-3,5-10H2. The number of hydrogen-bond acceptors (Lipinski definition) is 7. The Morgan fingerprint density at radius 1 is 1.28 bits per heavy atom. The van der Waals surface area contributed by atoms with E-state index in [0.717, 1.165) is 63.3 Å². The van der Waals surface area contributed by atoms with Gasteiger partial charge < -0.3 is 19.9 Å². The third-order valence-corrected chi connectivity index (χ3v) is 5.79. The Morgan fingerprint density at radius 3 is 3.00 bits per heavy atom. The molecule has 2 aromatic heterocycles. The molecular formula is C17H23N5O2S. The van der Waals surface area contributed by atoms with Crippen molar-refractivity contribution in [3.05, 3.63) is 17.8 Å². The molecule has 0 aromatic carbocycles. The van der Waals surface area contributed by atoms with Gasteiger partial charge in [0.2, 0.25) is 0 Å². The van der Waals surface area contributed by atoms with Gasteiger partial charge in [0, 0.05) is 38.8 Å². The van der Waals surface area contributed by atoms with Gasteiger partial charge in [0.15, 0.2) is 0 Å². The minimum absolute atomic E-state index is 0.174. The van der Waals surface area contributed by atoms with Crippen molar-refractivity contribution in [2.75, 3.05) is 44.2 Å². The van der Waals surface area contributed by atoms with E-state index < -0.39 is 0 Å². The van der Waals surface area contributed by atoms with Crippen molar-refractivity contribution in [2.24, 2.45) is 0 Å². The van der Waals surface area contributed by atoms with Gasteiger partial charge in [0.1, 0.15) is 12.1 Å². The molecule has 4 heterocycles. The monoisotopic (exact) mass is 361 g/mol.